The van der Waals surface area contributed by atoms with Crippen molar-refractivity contribution in [1.82, 2.24) is 9.88 Å². The Kier molecular flexibility index (Phi) is 5.45. The van der Waals surface area contributed by atoms with Gasteiger partial charge in [0, 0.05) is 41.3 Å². The van der Waals surface area contributed by atoms with E-state index in [1.54, 1.807) is 50.4 Å². The van der Waals surface area contributed by atoms with Crippen LogP contribution in [0.2, 0.25) is 0 Å². The second kappa shape index (κ2) is 8.59. The van der Waals surface area contributed by atoms with Gasteiger partial charge in [0.25, 0.3) is 5.91 Å². The number of para-hydroxylation sites is 1. The van der Waals surface area contributed by atoms with E-state index in [1.165, 1.54) is 0 Å². The van der Waals surface area contributed by atoms with Gasteiger partial charge in [-0.25, -0.2) is 0 Å². The molecule has 1 aliphatic rings. The summed E-state index contributed by atoms with van der Waals surface area (Å²) in [4.78, 5) is 32.1. The normalized spacial score (nSPS) is 17.4. The maximum absolute atomic E-state index is 13.9. The van der Waals surface area contributed by atoms with Crippen LogP contribution in [-0.2, 0) is 4.79 Å². The summed E-state index contributed by atoms with van der Waals surface area (Å²) in [6.07, 6.45) is 1.89. The third kappa shape index (κ3) is 3.46. The third-order valence-corrected chi connectivity index (χ3v) is 6.47. The van der Waals surface area contributed by atoms with Gasteiger partial charge in [-0.2, -0.15) is 0 Å². The van der Waals surface area contributed by atoms with Crippen molar-refractivity contribution in [3.8, 4) is 11.5 Å². The maximum Gasteiger partial charge on any atom is 0.254 e. The topological polar surface area (TPSA) is 83.7 Å². The minimum Gasteiger partial charge on any atom is -0.497 e. The molecule has 0 saturated heterocycles. The van der Waals surface area contributed by atoms with Gasteiger partial charge in [-0.05, 0) is 29.8 Å². The lowest BCUT2D eigenvalue weighted by Gasteiger charge is -2.39. The molecule has 7 heteroatoms. The number of amides is 2. The highest BCUT2D eigenvalue weighted by Gasteiger charge is 2.43. The van der Waals surface area contributed by atoms with E-state index in [9.17, 15) is 9.59 Å². The largest absolute Gasteiger partial charge is 0.497 e. The Labute approximate surface area is 197 Å². The van der Waals surface area contributed by atoms with Gasteiger partial charge in [0.05, 0.1) is 31.9 Å². The van der Waals surface area contributed by atoms with E-state index in [2.05, 4.69) is 10.3 Å². The predicted molar refractivity (Wildman–Crippen MR) is 130 cm³/mol. The Bertz CT molecular complexity index is 1390. The number of hydrogen-bond acceptors (Lipinski definition) is 4. The molecule has 7 nitrogen and oxygen atoms in total. The highest BCUT2D eigenvalue weighted by atomic mass is 16.5. The minimum atomic E-state index is -0.634. The van der Waals surface area contributed by atoms with Crippen LogP contribution < -0.4 is 14.8 Å². The lowest BCUT2D eigenvalue weighted by Crippen LogP contribution is -2.44. The number of benzene rings is 3. The molecule has 4 aromatic rings. The molecule has 2 amide bonds. The fraction of sp³-hybridized carbons (Fsp3) is 0.185. The SMILES string of the molecule is COc1ccc(NC(=O)[C@H]2c3ccccc3C(=O)N(C)[C@@H]2c2c[nH]c3ccccc23)c(OC)c1. The van der Waals surface area contributed by atoms with E-state index in [1.807, 2.05) is 48.7 Å². The van der Waals surface area contributed by atoms with Gasteiger partial charge in [0.2, 0.25) is 5.91 Å². The Morgan fingerprint density at radius 3 is 2.53 bits per heavy atom. The molecule has 172 valence electrons. The van der Waals surface area contributed by atoms with Crippen molar-refractivity contribution in [2.24, 2.45) is 0 Å². The Hall–Kier alpha value is -4.26. The summed E-state index contributed by atoms with van der Waals surface area (Å²) in [7, 11) is 4.87. The number of hydrogen-bond donors (Lipinski definition) is 2. The molecule has 0 radical (unpaired) electrons. The molecule has 2 heterocycles. The molecular weight excluding hydrogens is 430 g/mol. The number of likely N-dealkylation sites (N-methyl/N-ethyl adjacent to an activating group) is 1. The van der Waals surface area contributed by atoms with E-state index in [4.69, 9.17) is 9.47 Å². The van der Waals surface area contributed by atoms with Gasteiger partial charge >= 0.3 is 0 Å². The molecule has 2 N–H and O–H groups in total. The smallest absolute Gasteiger partial charge is 0.254 e. The molecule has 1 aromatic heterocycles. The zero-order valence-corrected chi connectivity index (χ0v) is 19.2. The monoisotopic (exact) mass is 455 g/mol. The molecule has 5 rings (SSSR count). The van der Waals surface area contributed by atoms with Gasteiger partial charge in [-0.3, -0.25) is 9.59 Å². The highest BCUT2D eigenvalue weighted by Crippen LogP contribution is 2.45. The summed E-state index contributed by atoms with van der Waals surface area (Å²) in [5.41, 5.74) is 3.60. The van der Waals surface area contributed by atoms with Crippen LogP contribution in [0.25, 0.3) is 10.9 Å². The quantitative estimate of drug-likeness (QED) is 0.456. The van der Waals surface area contributed by atoms with Crippen LogP contribution in [0.1, 0.15) is 33.4 Å². The van der Waals surface area contributed by atoms with Crippen molar-refractivity contribution < 1.29 is 19.1 Å². The average Bonchev–Trinajstić information content (AvgIpc) is 3.30. The number of nitrogens with one attached hydrogen (secondary N) is 2. The molecule has 2 atom stereocenters. The van der Waals surface area contributed by atoms with E-state index in [-0.39, 0.29) is 11.8 Å². The Morgan fingerprint density at radius 1 is 0.971 bits per heavy atom. The number of fused-ring (bicyclic) bond motifs is 2. The number of aromatic nitrogens is 1. The van der Waals surface area contributed by atoms with Crippen LogP contribution >= 0.6 is 0 Å². The number of ether oxygens (including phenoxy) is 2. The number of nitrogens with zero attached hydrogens (tertiary/aromatic N) is 1. The maximum atomic E-state index is 13.9. The van der Waals surface area contributed by atoms with Crippen LogP contribution in [0.15, 0.2) is 72.9 Å². The third-order valence-electron chi connectivity index (χ3n) is 6.47. The molecular formula is C27H25N3O4. The van der Waals surface area contributed by atoms with E-state index in [0.29, 0.717) is 28.3 Å². The standard InChI is InChI=1S/C27H25N3O4/c1-30-25(20-15-28-21-11-7-6-8-17(20)21)24(18-9-4-5-10-19(18)27(30)32)26(31)29-22-13-12-16(33-2)14-23(22)34-3/h4-15,24-25,28H,1-3H3,(H,29,31)/t24-,25+/m0/s1. The van der Waals surface area contributed by atoms with Gasteiger partial charge < -0.3 is 24.7 Å². The summed E-state index contributed by atoms with van der Waals surface area (Å²) >= 11 is 0. The van der Waals surface area contributed by atoms with Gasteiger partial charge in [0.1, 0.15) is 11.5 Å². The zero-order chi connectivity index (χ0) is 23.8. The zero-order valence-electron chi connectivity index (χ0n) is 19.2. The minimum absolute atomic E-state index is 0.114. The first-order valence-electron chi connectivity index (χ1n) is 11.0. The molecule has 0 fully saturated rings. The predicted octanol–water partition coefficient (Wildman–Crippen LogP) is 4.73. The van der Waals surface area contributed by atoms with Crippen LogP contribution in [0.5, 0.6) is 11.5 Å². The van der Waals surface area contributed by atoms with E-state index < -0.39 is 12.0 Å². The number of aromatic amines is 1. The molecule has 3 aromatic carbocycles. The van der Waals surface area contributed by atoms with Crippen LogP contribution in [0.3, 0.4) is 0 Å². The van der Waals surface area contributed by atoms with Crippen molar-refractivity contribution in [2.75, 3.05) is 26.6 Å². The summed E-state index contributed by atoms with van der Waals surface area (Å²) in [5.74, 6) is 0.136. The second-order valence-electron chi connectivity index (χ2n) is 8.27. The molecule has 0 bridgehead atoms. The average molecular weight is 456 g/mol. The van der Waals surface area contributed by atoms with Crippen molar-refractivity contribution in [2.45, 2.75) is 12.0 Å². The molecule has 1 aliphatic heterocycles. The van der Waals surface area contributed by atoms with Crippen molar-refractivity contribution >= 4 is 28.4 Å². The second-order valence-corrected chi connectivity index (χ2v) is 8.27. The number of rotatable bonds is 5. The van der Waals surface area contributed by atoms with Crippen molar-refractivity contribution in [3.63, 3.8) is 0 Å². The van der Waals surface area contributed by atoms with Crippen LogP contribution in [0, 0.1) is 0 Å². The molecule has 0 spiro atoms. The first kappa shape index (κ1) is 21.6. The Morgan fingerprint density at radius 2 is 1.74 bits per heavy atom. The first-order valence-corrected chi connectivity index (χ1v) is 11.0. The van der Waals surface area contributed by atoms with Crippen LogP contribution in [-0.4, -0.2) is 43.0 Å². The summed E-state index contributed by atoms with van der Waals surface area (Å²) in [6, 6.07) is 19.9. The van der Waals surface area contributed by atoms with E-state index >= 15 is 0 Å². The lowest BCUT2D eigenvalue weighted by atomic mass is 9.79. The molecule has 0 unspecified atom stereocenters. The van der Waals surface area contributed by atoms with Gasteiger partial charge in [-0.1, -0.05) is 36.4 Å². The number of H-pyrrole nitrogens is 1. The van der Waals surface area contributed by atoms with Crippen LogP contribution in [0.4, 0.5) is 5.69 Å². The molecule has 34 heavy (non-hydrogen) atoms. The number of methoxy groups -OCH3 is 2. The number of anilines is 1. The van der Waals surface area contributed by atoms with Crippen molar-refractivity contribution in [3.05, 3.63) is 89.6 Å². The van der Waals surface area contributed by atoms with Gasteiger partial charge in [-0.15, -0.1) is 0 Å². The molecule has 0 aliphatic carbocycles. The van der Waals surface area contributed by atoms with E-state index in [0.717, 1.165) is 16.5 Å². The highest BCUT2D eigenvalue weighted by molar-refractivity contribution is 6.05. The van der Waals surface area contributed by atoms with Gasteiger partial charge in [0.15, 0.2) is 0 Å². The summed E-state index contributed by atoms with van der Waals surface area (Å²) in [5, 5.41) is 4.01. The fourth-order valence-electron chi connectivity index (χ4n) is 4.80. The Balaban J connectivity index is 1.63. The van der Waals surface area contributed by atoms with Crippen molar-refractivity contribution in [1.29, 1.82) is 0 Å². The molecule has 0 saturated carbocycles. The lowest BCUT2D eigenvalue weighted by molar-refractivity contribution is -0.119. The summed E-state index contributed by atoms with van der Waals surface area (Å²) < 4.78 is 10.7. The first-order chi connectivity index (χ1) is 16.5. The fourth-order valence-corrected chi connectivity index (χ4v) is 4.80. The summed E-state index contributed by atoms with van der Waals surface area (Å²) in [6.45, 7) is 0. The number of carbonyl (C=O) groups excluding carboxylic acids is 2. The number of carbonyl (C=O) groups is 2.